The van der Waals surface area contributed by atoms with Crippen molar-refractivity contribution in [1.29, 1.82) is 0 Å². The molecule has 3 aromatic carbocycles. The fourth-order valence-electron chi connectivity index (χ4n) is 3.15. The van der Waals surface area contributed by atoms with Crippen LogP contribution in [-0.2, 0) is 15.2 Å². The molecule has 3 rings (SSSR count). The lowest BCUT2D eigenvalue weighted by Gasteiger charge is -2.24. The molecule has 0 spiro atoms. The molecule has 5 nitrogen and oxygen atoms in total. The van der Waals surface area contributed by atoms with Gasteiger partial charge in [-0.05, 0) is 54.7 Å². The summed E-state index contributed by atoms with van der Waals surface area (Å²) >= 11 is 0. The number of rotatable bonds is 5. The molecule has 154 valence electrons. The van der Waals surface area contributed by atoms with Crippen molar-refractivity contribution in [3.8, 4) is 11.1 Å². The summed E-state index contributed by atoms with van der Waals surface area (Å²) in [7, 11) is 0. The molecule has 2 amide bonds. The van der Waals surface area contributed by atoms with Gasteiger partial charge in [-0.1, -0.05) is 66.7 Å². The third kappa shape index (κ3) is 4.93. The van der Waals surface area contributed by atoms with E-state index in [4.69, 9.17) is 0 Å². The van der Waals surface area contributed by atoms with Crippen LogP contribution < -0.4 is 10.6 Å². The van der Waals surface area contributed by atoms with E-state index < -0.39 is 17.4 Å². The van der Waals surface area contributed by atoms with Gasteiger partial charge in [-0.2, -0.15) is 0 Å². The minimum Gasteiger partial charge on any atom is -0.384 e. The molecular weight excluding hydrogens is 376 g/mol. The molecule has 5 heteroatoms. The molecule has 3 N–H and O–H groups in total. The first-order valence-electron chi connectivity index (χ1n) is 9.82. The lowest BCUT2D eigenvalue weighted by atomic mass is 9.93. The topological polar surface area (TPSA) is 78.4 Å². The second-order valence-corrected chi connectivity index (χ2v) is 7.60. The molecular formula is C25H26N2O3. The summed E-state index contributed by atoms with van der Waals surface area (Å²) in [6, 6.07) is 22.9. The number of amides is 2. The van der Waals surface area contributed by atoms with Gasteiger partial charge in [0.2, 0.25) is 0 Å². The number of aryl methyl sites for hydroxylation is 1. The SMILES string of the molecule is Cc1cccc(NC(=O)C(=O)NCC(C)(O)c2ccc(-c3ccccc3)cc2)c1C. The molecule has 0 fully saturated rings. The molecule has 0 aromatic heterocycles. The zero-order valence-electron chi connectivity index (χ0n) is 17.4. The van der Waals surface area contributed by atoms with E-state index in [0.29, 0.717) is 11.3 Å². The average Bonchev–Trinajstić information content (AvgIpc) is 2.76. The highest BCUT2D eigenvalue weighted by Crippen LogP contribution is 2.25. The summed E-state index contributed by atoms with van der Waals surface area (Å²) in [5.41, 5.74) is 3.98. The summed E-state index contributed by atoms with van der Waals surface area (Å²) in [5.74, 6) is -1.56. The molecule has 0 heterocycles. The minimum absolute atomic E-state index is 0.0866. The lowest BCUT2D eigenvalue weighted by Crippen LogP contribution is -2.43. The van der Waals surface area contributed by atoms with Crippen molar-refractivity contribution < 1.29 is 14.7 Å². The number of hydrogen-bond donors (Lipinski definition) is 3. The Morgan fingerprint density at radius 1 is 0.833 bits per heavy atom. The van der Waals surface area contributed by atoms with Crippen LogP contribution in [0, 0.1) is 13.8 Å². The molecule has 1 atom stereocenters. The van der Waals surface area contributed by atoms with Crippen LogP contribution >= 0.6 is 0 Å². The quantitative estimate of drug-likeness (QED) is 0.566. The predicted octanol–water partition coefficient (Wildman–Crippen LogP) is 3.93. The lowest BCUT2D eigenvalue weighted by molar-refractivity contribution is -0.136. The normalized spacial score (nSPS) is 12.7. The molecule has 0 aliphatic carbocycles. The van der Waals surface area contributed by atoms with Gasteiger partial charge < -0.3 is 15.7 Å². The van der Waals surface area contributed by atoms with Gasteiger partial charge in [-0.25, -0.2) is 0 Å². The second kappa shape index (κ2) is 8.93. The Bertz CT molecular complexity index is 1040. The van der Waals surface area contributed by atoms with Gasteiger partial charge in [0.1, 0.15) is 5.60 Å². The van der Waals surface area contributed by atoms with Crippen LogP contribution in [0.2, 0.25) is 0 Å². The van der Waals surface area contributed by atoms with Gasteiger partial charge in [0, 0.05) is 5.69 Å². The minimum atomic E-state index is -1.32. The highest BCUT2D eigenvalue weighted by Gasteiger charge is 2.25. The Morgan fingerprint density at radius 2 is 1.47 bits per heavy atom. The van der Waals surface area contributed by atoms with Crippen molar-refractivity contribution in [1.82, 2.24) is 5.32 Å². The first-order chi connectivity index (χ1) is 14.3. The highest BCUT2D eigenvalue weighted by atomic mass is 16.3. The van der Waals surface area contributed by atoms with Gasteiger partial charge in [-0.15, -0.1) is 0 Å². The van der Waals surface area contributed by atoms with Crippen LogP contribution in [0.25, 0.3) is 11.1 Å². The van der Waals surface area contributed by atoms with Crippen LogP contribution in [0.15, 0.2) is 72.8 Å². The Morgan fingerprint density at radius 3 is 2.13 bits per heavy atom. The Labute approximate surface area is 176 Å². The molecule has 0 aliphatic rings. The number of aliphatic hydroxyl groups is 1. The zero-order chi connectivity index (χ0) is 21.7. The van der Waals surface area contributed by atoms with E-state index in [1.807, 2.05) is 80.6 Å². The van der Waals surface area contributed by atoms with Crippen molar-refractivity contribution in [3.05, 3.63) is 89.5 Å². The van der Waals surface area contributed by atoms with E-state index >= 15 is 0 Å². The van der Waals surface area contributed by atoms with Gasteiger partial charge in [0.15, 0.2) is 0 Å². The highest BCUT2D eigenvalue weighted by molar-refractivity contribution is 6.39. The Kier molecular flexibility index (Phi) is 6.33. The molecule has 1 unspecified atom stereocenters. The van der Waals surface area contributed by atoms with Crippen molar-refractivity contribution >= 4 is 17.5 Å². The monoisotopic (exact) mass is 402 g/mol. The zero-order valence-corrected chi connectivity index (χ0v) is 17.4. The van der Waals surface area contributed by atoms with E-state index in [2.05, 4.69) is 10.6 Å². The third-order valence-electron chi connectivity index (χ3n) is 5.27. The van der Waals surface area contributed by atoms with Crippen LogP contribution in [0.1, 0.15) is 23.6 Å². The van der Waals surface area contributed by atoms with E-state index in [9.17, 15) is 14.7 Å². The van der Waals surface area contributed by atoms with E-state index in [1.165, 1.54) is 0 Å². The largest absolute Gasteiger partial charge is 0.384 e. The Balaban J connectivity index is 1.61. The average molecular weight is 402 g/mol. The standard InChI is InChI=1S/C25H26N2O3/c1-17-8-7-11-22(18(17)2)27-24(29)23(28)26-16-25(3,30)21-14-12-20(13-15-21)19-9-5-4-6-10-19/h4-15,30H,16H2,1-3H3,(H,26,28)(H,27,29). The number of carbonyl (C=O) groups is 2. The van der Waals surface area contributed by atoms with Crippen LogP contribution in [0.4, 0.5) is 5.69 Å². The predicted molar refractivity (Wildman–Crippen MR) is 119 cm³/mol. The molecule has 30 heavy (non-hydrogen) atoms. The number of carbonyl (C=O) groups excluding carboxylic acids is 2. The number of anilines is 1. The number of benzene rings is 3. The molecule has 0 saturated heterocycles. The first-order valence-corrected chi connectivity index (χ1v) is 9.82. The summed E-state index contributed by atoms with van der Waals surface area (Å²) < 4.78 is 0. The first kappa shape index (κ1) is 21.3. The molecule has 0 aliphatic heterocycles. The third-order valence-corrected chi connectivity index (χ3v) is 5.27. The Hall–Kier alpha value is -3.44. The van der Waals surface area contributed by atoms with E-state index in [1.54, 1.807) is 13.0 Å². The summed E-state index contributed by atoms with van der Waals surface area (Å²) in [5, 5.41) is 15.9. The molecule has 0 radical (unpaired) electrons. The van der Waals surface area contributed by atoms with Crippen LogP contribution in [0.5, 0.6) is 0 Å². The maximum absolute atomic E-state index is 12.2. The maximum Gasteiger partial charge on any atom is 0.313 e. The fraction of sp³-hybridized carbons (Fsp3) is 0.200. The summed E-state index contributed by atoms with van der Waals surface area (Å²) in [6.07, 6.45) is 0. The van der Waals surface area contributed by atoms with E-state index in [0.717, 1.165) is 22.3 Å². The van der Waals surface area contributed by atoms with Crippen molar-refractivity contribution in [2.24, 2.45) is 0 Å². The van der Waals surface area contributed by atoms with Crippen LogP contribution in [0.3, 0.4) is 0 Å². The second-order valence-electron chi connectivity index (χ2n) is 7.60. The van der Waals surface area contributed by atoms with Gasteiger partial charge in [0.05, 0.1) is 6.54 Å². The molecule has 0 saturated carbocycles. The van der Waals surface area contributed by atoms with Crippen molar-refractivity contribution in [3.63, 3.8) is 0 Å². The smallest absolute Gasteiger partial charge is 0.313 e. The summed E-state index contributed by atoms with van der Waals surface area (Å²) in [4.78, 5) is 24.5. The van der Waals surface area contributed by atoms with E-state index in [-0.39, 0.29) is 6.54 Å². The number of hydrogen-bond acceptors (Lipinski definition) is 3. The van der Waals surface area contributed by atoms with Crippen molar-refractivity contribution in [2.45, 2.75) is 26.4 Å². The van der Waals surface area contributed by atoms with Gasteiger partial charge in [-0.3, -0.25) is 9.59 Å². The van der Waals surface area contributed by atoms with Crippen LogP contribution in [-0.4, -0.2) is 23.5 Å². The fourth-order valence-corrected chi connectivity index (χ4v) is 3.15. The molecule has 3 aromatic rings. The number of nitrogens with one attached hydrogen (secondary N) is 2. The summed E-state index contributed by atoms with van der Waals surface area (Å²) in [6.45, 7) is 5.34. The van der Waals surface area contributed by atoms with Gasteiger partial charge in [0.25, 0.3) is 0 Å². The van der Waals surface area contributed by atoms with Gasteiger partial charge >= 0.3 is 11.8 Å². The molecule has 0 bridgehead atoms. The van der Waals surface area contributed by atoms with Crippen molar-refractivity contribution in [2.75, 3.05) is 11.9 Å². The maximum atomic E-state index is 12.2.